The van der Waals surface area contributed by atoms with E-state index in [2.05, 4.69) is 20.1 Å². The molecule has 0 bridgehead atoms. The van der Waals surface area contributed by atoms with Gasteiger partial charge in [0.25, 0.3) is 5.91 Å². The number of hydrogen-bond donors (Lipinski definition) is 1. The summed E-state index contributed by atoms with van der Waals surface area (Å²) in [4.78, 5) is 13.3. The molecular weight excluding hydrogens is 440 g/mol. The van der Waals surface area contributed by atoms with E-state index in [9.17, 15) is 4.79 Å². The maximum atomic E-state index is 13.3. The van der Waals surface area contributed by atoms with Crippen LogP contribution in [0.5, 0.6) is 5.75 Å². The van der Waals surface area contributed by atoms with Crippen LogP contribution in [0, 0.1) is 6.92 Å². The van der Waals surface area contributed by atoms with Gasteiger partial charge in [0.1, 0.15) is 23.1 Å². The molecule has 4 aromatic rings. The number of fused-ring (bicyclic) bond motifs is 1. The number of amides is 1. The molecule has 2 aromatic carbocycles. The van der Waals surface area contributed by atoms with Crippen LogP contribution in [0.25, 0.3) is 16.9 Å². The molecular formula is C27H30N6O2. The Morgan fingerprint density at radius 1 is 1.09 bits per heavy atom. The maximum Gasteiger partial charge on any atom is 0.255 e. The molecule has 2 aromatic heterocycles. The Kier molecular flexibility index (Phi) is 6.61. The first-order chi connectivity index (χ1) is 17.1. The maximum absolute atomic E-state index is 13.3. The van der Waals surface area contributed by atoms with E-state index in [1.165, 1.54) is 12.0 Å². The first-order valence-corrected chi connectivity index (χ1v) is 12.1. The number of carbonyl (C=O) groups is 1. The summed E-state index contributed by atoms with van der Waals surface area (Å²) in [5.41, 5.74) is 4.00. The minimum atomic E-state index is -0.170. The zero-order valence-corrected chi connectivity index (χ0v) is 20.2. The fourth-order valence-corrected chi connectivity index (χ4v) is 4.47. The fourth-order valence-electron chi connectivity index (χ4n) is 4.47. The van der Waals surface area contributed by atoms with Gasteiger partial charge in [-0.05, 0) is 44.0 Å². The average Bonchev–Trinajstić information content (AvgIpc) is 3.42. The van der Waals surface area contributed by atoms with Gasteiger partial charge in [-0.2, -0.15) is 5.10 Å². The van der Waals surface area contributed by atoms with E-state index in [0.29, 0.717) is 30.0 Å². The van der Waals surface area contributed by atoms with Crippen LogP contribution < -0.4 is 10.1 Å². The second kappa shape index (κ2) is 10.1. The topological polar surface area (TPSA) is 86.9 Å². The van der Waals surface area contributed by atoms with Gasteiger partial charge in [0, 0.05) is 37.7 Å². The molecule has 0 spiro atoms. The van der Waals surface area contributed by atoms with Crippen molar-refractivity contribution in [3.8, 4) is 22.7 Å². The zero-order valence-electron chi connectivity index (χ0n) is 20.2. The molecule has 1 aliphatic rings. The number of methoxy groups -OCH3 is 1. The molecule has 0 unspecified atom stereocenters. The number of nitrogens with one attached hydrogen (secondary N) is 1. The second-order valence-corrected chi connectivity index (χ2v) is 8.90. The minimum Gasteiger partial charge on any atom is -0.497 e. The molecule has 0 aliphatic carbocycles. The average molecular weight is 471 g/mol. The van der Waals surface area contributed by atoms with E-state index in [4.69, 9.17) is 9.84 Å². The highest BCUT2D eigenvalue weighted by atomic mass is 16.5. The van der Waals surface area contributed by atoms with Crippen LogP contribution in [0.15, 0.2) is 54.7 Å². The molecule has 1 aliphatic heterocycles. The van der Waals surface area contributed by atoms with E-state index in [1.807, 2.05) is 55.5 Å². The van der Waals surface area contributed by atoms with E-state index in [1.54, 1.807) is 18.0 Å². The molecule has 1 amide bonds. The van der Waals surface area contributed by atoms with Crippen molar-refractivity contribution in [3.05, 3.63) is 77.5 Å². The van der Waals surface area contributed by atoms with Crippen LogP contribution in [0.2, 0.25) is 0 Å². The number of aryl methyl sites for hydroxylation is 2. The fraction of sp³-hybridized carbons (Fsp3) is 0.333. The number of carbonyl (C=O) groups excluding carboxylic acids is 1. The van der Waals surface area contributed by atoms with Crippen molar-refractivity contribution in [1.82, 2.24) is 29.9 Å². The van der Waals surface area contributed by atoms with Crippen molar-refractivity contribution < 1.29 is 9.53 Å². The normalized spacial score (nSPS) is 13.2. The van der Waals surface area contributed by atoms with E-state index >= 15 is 0 Å². The third-order valence-electron chi connectivity index (χ3n) is 6.42. The lowest BCUT2D eigenvalue weighted by Gasteiger charge is -2.08. The molecule has 180 valence electrons. The van der Waals surface area contributed by atoms with Gasteiger partial charge in [0.15, 0.2) is 0 Å². The standard InChI is InChI=1S/C27H30N6O2/c1-19-10-12-21(13-11-19)33-18-23(26(31-33)20-7-6-8-22(17-20)35-2)27(34)28-15-14-25-30-29-24-9-4-3-5-16-32(24)25/h6-8,10-13,17-18H,3-5,9,14-16H2,1-2H3,(H,28,34). The summed E-state index contributed by atoms with van der Waals surface area (Å²) in [6.07, 6.45) is 6.93. The Balaban J connectivity index is 1.38. The third-order valence-corrected chi connectivity index (χ3v) is 6.42. The van der Waals surface area contributed by atoms with Crippen molar-refractivity contribution in [1.29, 1.82) is 0 Å². The predicted octanol–water partition coefficient (Wildman–Crippen LogP) is 4.15. The van der Waals surface area contributed by atoms with Crippen molar-refractivity contribution >= 4 is 5.91 Å². The van der Waals surface area contributed by atoms with Gasteiger partial charge in [0.05, 0.1) is 18.4 Å². The summed E-state index contributed by atoms with van der Waals surface area (Å²) >= 11 is 0. The molecule has 0 atom stereocenters. The Labute approximate surface area is 205 Å². The first-order valence-electron chi connectivity index (χ1n) is 12.1. The van der Waals surface area contributed by atoms with Crippen molar-refractivity contribution in [2.75, 3.05) is 13.7 Å². The highest BCUT2D eigenvalue weighted by Gasteiger charge is 2.20. The molecule has 8 heteroatoms. The first kappa shape index (κ1) is 22.8. The highest BCUT2D eigenvalue weighted by Crippen LogP contribution is 2.27. The van der Waals surface area contributed by atoms with Gasteiger partial charge in [-0.3, -0.25) is 4.79 Å². The number of nitrogens with zero attached hydrogens (tertiary/aromatic N) is 5. The van der Waals surface area contributed by atoms with Crippen molar-refractivity contribution in [2.24, 2.45) is 0 Å². The molecule has 5 rings (SSSR count). The number of benzene rings is 2. The summed E-state index contributed by atoms with van der Waals surface area (Å²) in [7, 11) is 1.63. The quantitative estimate of drug-likeness (QED) is 0.439. The second-order valence-electron chi connectivity index (χ2n) is 8.90. The highest BCUT2D eigenvalue weighted by molar-refractivity contribution is 6.00. The number of rotatable bonds is 7. The molecule has 35 heavy (non-hydrogen) atoms. The Morgan fingerprint density at radius 3 is 2.77 bits per heavy atom. The lowest BCUT2D eigenvalue weighted by Crippen LogP contribution is -2.26. The molecule has 0 fully saturated rings. The summed E-state index contributed by atoms with van der Waals surface area (Å²) < 4.78 is 9.36. The Bertz CT molecular complexity index is 1320. The Hall–Kier alpha value is -3.94. The molecule has 0 saturated heterocycles. The van der Waals surface area contributed by atoms with E-state index < -0.39 is 0 Å². The lowest BCUT2D eigenvalue weighted by molar-refractivity contribution is 0.0954. The smallest absolute Gasteiger partial charge is 0.255 e. The van der Waals surface area contributed by atoms with Crippen molar-refractivity contribution in [3.63, 3.8) is 0 Å². The van der Waals surface area contributed by atoms with Crippen LogP contribution in [0.4, 0.5) is 0 Å². The van der Waals surface area contributed by atoms with Gasteiger partial charge in [-0.1, -0.05) is 36.2 Å². The van der Waals surface area contributed by atoms with Gasteiger partial charge < -0.3 is 14.6 Å². The number of aromatic nitrogens is 5. The molecule has 0 saturated carbocycles. The largest absolute Gasteiger partial charge is 0.497 e. The summed E-state index contributed by atoms with van der Waals surface area (Å²) in [5, 5.41) is 16.6. The molecule has 3 heterocycles. The zero-order chi connectivity index (χ0) is 24.2. The molecule has 0 radical (unpaired) electrons. The van der Waals surface area contributed by atoms with Crippen LogP contribution >= 0.6 is 0 Å². The predicted molar refractivity (Wildman–Crippen MR) is 134 cm³/mol. The van der Waals surface area contributed by atoms with Crippen LogP contribution in [0.3, 0.4) is 0 Å². The third kappa shape index (κ3) is 4.96. The number of hydrogen-bond acceptors (Lipinski definition) is 5. The summed E-state index contributed by atoms with van der Waals surface area (Å²) in [6.45, 7) is 3.47. The van der Waals surface area contributed by atoms with Gasteiger partial charge in [-0.15, -0.1) is 10.2 Å². The number of ether oxygens (including phenoxy) is 1. The Morgan fingerprint density at radius 2 is 1.94 bits per heavy atom. The summed E-state index contributed by atoms with van der Waals surface area (Å²) in [5.74, 6) is 2.54. The van der Waals surface area contributed by atoms with E-state index in [0.717, 1.165) is 48.7 Å². The molecule has 8 nitrogen and oxygen atoms in total. The van der Waals surface area contributed by atoms with Gasteiger partial charge >= 0.3 is 0 Å². The van der Waals surface area contributed by atoms with E-state index in [-0.39, 0.29) is 5.91 Å². The van der Waals surface area contributed by atoms with Gasteiger partial charge in [0.2, 0.25) is 0 Å². The van der Waals surface area contributed by atoms with Gasteiger partial charge in [-0.25, -0.2) is 4.68 Å². The van der Waals surface area contributed by atoms with Crippen molar-refractivity contribution in [2.45, 2.75) is 45.6 Å². The monoisotopic (exact) mass is 470 g/mol. The lowest BCUT2D eigenvalue weighted by atomic mass is 10.1. The minimum absolute atomic E-state index is 0.170. The van der Waals surface area contributed by atoms with Crippen LogP contribution in [-0.4, -0.2) is 44.1 Å². The summed E-state index contributed by atoms with van der Waals surface area (Å²) in [6, 6.07) is 15.7. The SMILES string of the molecule is COc1cccc(-c2nn(-c3ccc(C)cc3)cc2C(=O)NCCc2nnc3n2CCCCC3)c1. The van der Waals surface area contributed by atoms with Crippen LogP contribution in [0.1, 0.15) is 46.8 Å². The molecule has 1 N–H and O–H groups in total. The van der Waals surface area contributed by atoms with Crippen LogP contribution in [-0.2, 0) is 19.4 Å².